The van der Waals surface area contributed by atoms with E-state index in [0.717, 1.165) is 32.5 Å². The van der Waals surface area contributed by atoms with Crippen LogP contribution in [0.5, 0.6) is 0 Å². The van der Waals surface area contributed by atoms with Gasteiger partial charge in [-0.05, 0) is 71.6 Å². The van der Waals surface area contributed by atoms with Gasteiger partial charge in [0.1, 0.15) is 0 Å². The van der Waals surface area contributed by atoms with Gasteiger partial charge in [-0.2, -0.15) is 0 Å². The van der Waals surface area contributed by atoms with Gasteiger partial charge in [-0.1, -0.05) is 52.4 Å². The Kier molecular flexibility index (Phi) is 60.8. The van der Waals surface area contributed by atoms with E-state index in [9.17, 15) is 0 Å². The van der Waals surface area contributed by atoms with Crippen molar-refractivity contribution in [3.05, 3.63) is 0 Å². The monoisotopic (exact) mass is 636 g/mol. The predicted molar refractivity (Wildman–Crippen MR) is 190 cm³/mol. The van der Waals surface area contributed by atoms with Crippen LogP contribution >= 0.6 is 0 Å². The number of aliphatic hydroxyl groups excluding tert-OH is 1. The van der Waals surface area contributed by atoms with Gasteiger partial charge in [0.05, 0.1) is 6.10 Å². The second-order valence-corrected chi connectivity index (χ2v) is 25.5. The Morgan fingerprint density at radius 3 is 1.55 bits per heavy atom. The highest BCUT2D eigenvalue weighted by Crippen LogP contribution is 2.06. The summed E-state index contributed by atoms with van der Waals surface area (Å²) in [5.41, 5.74) is 5.25. The normalized spacial score (nSPS) is 12.0. The lowest BCUT2D eigenvalue weighted by Gasteiger charge is -2.10. The van der Waals surface area contributed by atoms with Crippen molar-refractivity contribution in [1.82, 2.24) is 5.32 Å². The van der Waals surface area contributed by atoms with E-state index in [1.54, 1.807) is 28.4 Å². The molecule has 2 unspecified atom stereocenters. The Bertz CT molecular complexity index is 359. The number of unbranched alkanes of at least 4 members (excludes halogenated alkanes) is 2. The zero-order valence-corrected chi connectivity index (χ0v) is 34.9. The molecule has 0 fully saturated rings. The summed E-state index contributed by atoms with van der Waals surface area (Å²) >= 11 is 0. The largest absolute Gasteiger partial charge is 0.427 e. The summed E-state index contributed by atoms with van der Waals surface area (Å²) in [5.74, 6) is 0. The van der Waals surface area contributed by atoms with Crippen molar-refractivity contribution in [1.29, 1.82) is 0 Å². The molecule has 240 valence electrons. The molecule has 4 N–H and O–H groups in total. The van der Waals surface area contributed by atoms with Crippen molar-refractivity contribution in [2.75, 3.05) is 48.1 Å². The third-order valence-corrected chi connectivity index (χ3v) is 9.06. The highest BCUT2D eigenvalue weighted by atomic mass is 28.4. The minimum Gasteiger partial charge on any atom is -0.427 e. The lowest BCUT2D eigenvalue weighted by molar-refractivity contribution is 0.181. The fourth-order valence-electron chi connectivity index (χ4n) is 1.52. The Hall–Kier alpha value is 0.804. The van der Waals surface area contributed by atoms with Crippen molar-refractivity contribution < 1.29 is 22.8 Å². The minimum atomic E-state index is -1.13. The van der Waals surface area contributed by atoms with Crippen LogP contribution in [0.4, 0.5) is 0 Å². The van der Waals surface area contributed by atoms with E-state index < -0.39 is 26.4 Å². The molecule has 0 saturated carbocycles. The molecule has 7 nitrogen and oxygen atoms in total. The van der Waals surface area contributed by atoms with Crippen molar-refractivity contribution in [2.45, 2.75) is 124 Å². The molecule has 0 aliphatic heterocycles. The van der Waals surface area contributed by atoms with Crippen molar-refractivity contribution >= 4 is 45.0 Å². The summed E-state index contributed by atoms with van der Waals surface area (Å²) in [6, 6.07) is 1.24. The molecule has 0 saturated heterocycles. The Morgan fingerprint density at radius 2 is 1.32 bits per heavy atom. The molecule has 0 aliphatic carbocycles. The smallest absolute Gasteiger partial charge is 0.183 e. The van der Waals surface area contributed by atoms with Crippen molar-refractivity contribution in [2.24, 2.45) is 5.73 Å². The summed E-state index contributed by atoms with van der Waals surface area (Å²) in [7, 11) is 4.25. The van der Waals surface area contributed by atoms with Crippen LogP contribution < -0.4 is 11.1 Å². The van der Waals surface area contributed by atoms with Crippen LogP contribution in [0, 0.1) is 0 Å². The van der Waals surface area contributed by atoms with Gasteiger partial charge in [0.25, 0.3) is 0 Å². The molecule has 0 heterocycles. The minimum absolute atomic E-state index is 0.0756. The van der Waals surface area contributed by atoms with E-state index in [1.165, 1.54) is 25.3 Å². The van der Waals surface area contributed by atoms with Gasteiger partial charge in [-0.3, -0.25) is 0 Å². The second kappa shape index (κ2) is 44.8. The van der Waals surface area contributed by atoms with Gasteiger partial charge < -0.3 is 33.9 Å². The number of aliphatic hydroxyl groups is 1. The van der Waals surface area contributed by atoms with Gasteiger partial charge in [-0.15, -0.1) is 0 Å². The van der Waals surface area contributed by atoms with Crippen LogP contribution in [0.2, 0.25) is 71.5 Å². The summed E-state index contributed by atoms with van der Waals surface area (Å²) in [4.78, 5) is 0. The molecule has 2 atom stereocenters. The first-order chi connectivity index (χ1) is 17.6. The fourth-order valence-corrected chi connectivity index (χ4v) is 2.62. The van der Waals surface area contributed by atoms with Crippen LogP contribution in [-0.2, 0) is 17.7 Å². The first kappa shape index (κ1) is 51.5. The van der Waals surface area contributed by atoms with Crippen LogP contribution in [0.3, 0.4) is 0 Å². The summed E-state index contributed by atoms with van der Waals surface area (Å²) in [6.07, 6.45) is 5.68. The quantitative estimate of drug-likeness (QED) is 0.186. The SMILES string of the molecule is CCCCNCCN.CO[SiH2]C.CO[SiH](C)C.CO[SiH](C)CCCCC(C)O.CO[Si](C)(C)C.C[SiH](C)C. The van der Waals surface area contributed by atoms with Crippen molar-refractivity contribution in [3.8, 4) is 0 Å². The van der Waals surface area contributed by atoms with E-state index >= 15 is 0 Å². The van der Waals surface area contributed by atoms with E-state index in [1.807, 2.05) is 6.92 Å². The summed E-state index contributed by atoms with van der Waals surface area (Å²) in [6.45, 7) is 28.8. The van der Waals surface area contributed by atoms with Gasteiger partial charge in [0, 0.05) is 50.3 Å². The number of nitrogens with two attached hydrogens (primary N) is 1. The van der Waals surface area contributed by atoms with Crippen LogP contribution in [0.1, 0.15) is 46.0 Å². The molecule has 0 aromatic heterocycles. The maximum Gasteiger partial charge on any atom is 0.183 e. The first-order valence-corrected chi connectivity index (χ1v) is 28.8. The summed E-state index contributed by atoms with van der Waals surface area (Å²) < 4.78 is 19.9. The molecule has 0 radical (unpaired) electrons. The predicted octanol–water partition coefficient (Wildman–Crippen LogP) is 4.82. The Morgan fingerprint density at radius 1 is 0.895 bits per heavy atom. The molecular weight excluding hydrogens is 561 g/mol. The molecule has 0 rings (SSSR count). The first-order valence-electron chi connectivity index (χ1n) is 14.7. The summed E-state index contributed by atoms with van der Waals surface area (Å²) in [5, 5.41) is 12.2. The van der Waals surface area contributed by atoms with Gasteiger partial charge >= 0.3 is 0 Å². The molecular formula is C26H76N2O5Si5. The van der Waals surface area contributed by atoms with E-state index in [4.69, 9.17) is 24.1 Å². The third-order valence-electron chi connectivity index (χ3n) is 4.29. The lowest BCUT2D eigenvalue weighted by atomic mass is 10.2. The maximum absolute atomic E-state index is 8.95. The maximum atomic E-state index is 8.95. The Labute approximate surface area is 249 Å². The molecule has 0 spiro atoms. The van der Waals surface area contributed by atoms with Crippen molar-refractivity contribution in [3.63, 3.8) is 0 Å². The molecule has 12 heteroatoms. The molecule has 0 amide bonds. The number of hydrogen-bond donors (Lipinski definition) is 3. The second-order valence-electron chi connectivity index (χ2n) is 11.0. The van der Waals surface area contributed by atoms with E-state index in [2.05, 4.69) is 82.1 Å². The molecule has 0 aliphatic rings. The zero-order valence-electron chi connectivity index (χ0n) is 29.0. The van der Waals surface area contributed by atoms with Crippen LogP contribution in [0.15, 0.2) is 0 Å². The molecule has 0 bridgehead atoms. The zero-order chi connectivity index (χ0) is 31.4. The topological polar surface area (TPSA) is 95.2 Å². The third kappa shape index (κ3) is 109. The molecule has 38 heavy (non-hydrogen) atoms. The van der Waals surface area contributed by atoms with Gasteiger partial charge in [0.15, 0.2) is 36.2 Å². The number of nitrogens with one attached hydrogen (secondary N) is 1. The number of hydrogen-bond acceptors (Lipinski definition) is 7. The van der Waals surface area contributed by atoms with Crippen LogP contribution in [-0.4, -0.2) is 104 Å². The highest BCUT2D eigenvalue weighted by Gasteiger charge is 2.09. The van der Waals surface area contributed by atoms with Crippen LogP contribution in [0.25, 0.3) is 0 Å². The molecule has 0 aromatic carbocycles. The van der Waals surface area contributed by atoms with Gasteiger partial charge in [-0.25, -0.2) is 0 Å². The van der Waals surface area contributed by atoms with E-state index in [0.29, 0.717) is 0 Å². The lowest BCUT2D eigenvalue weighted by Crippen LogP contribution is -2.23. The fraction of sp³-hybridized carbons (Fsp3) is 1.00. The number of rotatable bonds is 14. The highest BCUT2D eigenvalue weighted by molar-refractivity contribution is 6.69. The molecule has 0 aromatic rings. The average molecular weight is 637 g/mol. The Balaban J connectivity index is -0.0000000846. The van der Waals surface area contributed by atoms with E-state index in [-0.39, 0.29) is 24.7 Å². The average Bonchev–Trinajstić information content (AvgIpc) is 2.84. The standard InChI is InChI=1S/C8H20O2Si.C6H16N2.C4H12OSi.C3H10OSi.C3H10Si.C2H8OSi/c1-8(9)6-4-5-7-11(3)10-2;1-2-3-5-8-6-4-7;1-5-6(2,3)4;1-4-5(2)3;1-4(2)3;1-3-4-2/h8-9,11H,4-7H2,1-3H3;8H,2-7H2,1H3;1-4H3;5H,1-3H3;4H,1-3H3;4H2,1-2H3. The van der Waals surface area contributed by atoms with Gasteiger partial charge in [0.2, 0.25) is 0 Å².